The van der Waals surface area contributed by atoms with E-state index in [0.29, 0.717) is 6.07 Å². The van der Waals surface area contributed by atoms with Gasteiger partial charge in [-0.05, 0) is 24.3 Å². The Kier molecular flexibility index (Phi) is 5.67. The van der Waals surface area contributed by atoms with Crippen LogP contribution in [0.25, 0.3) is 11.3 Å². The normalized spacial score (nSPS) is 14.5. The molecule has 1 aromatic carbocycles. The lowest BCUT2D eigenvalue weighted by Gasteiger charge is -2.40. The Morgan fingerprint density at radius 3 is 2.56 bits per heavy atom. The van der Waals surface area contributed by atoms with Crippen molar-refractivity contribution in [2.45, 2.75) is 6.17 Å². The fourth-order valence-electron chi connectivity index (χ4n) is 3.25. The van der Waals surface area contributed by atoms with Crippen molar-refractivity contribution in [2.24, 2.45) is 5.92 Å². The number of pyridine rings is 1. The van der Waals surface area contributed by atoms with Crippen LogP contribution in [0.4, 0.5) is 29.5 Å². The second-order valence-corrected chi connectivity index (χ2v) is 7.05. The third-order valence-corrected chi connectivity index (χ3v) is 4.95. The molecular weight excluding hydrogens is 429 g/mol. The maximum atomic E-state index is 14.5. The first kappa shape index (κ1) is 21.2. The van der Waals surface area contributed by atoms with Crippen molar-refractivity contribution in [1.29, 1.82) is 0 Å². The summed E-state index contributed by atoms with van der Waals surface area (Å²) in [7, 11) is 0. The van der Waals surface area contributed by atoms with Crippen LogP contribution in [0.2, 0.25) is 0 Å². The summed E-state index contributed by atoms with van der Waals surface area (Å²) >= 11 is 0. The summed E-state index contributed by atoms with van der Waals surface area (Å²) in [5.74, 6) is -2.62. The molecule has 164 valence electrons. The van der Waals surface area contributed by atoms with E-state index < -0.39 is 46.2 Å². The number of likely N-dealkylation sites (tertiary alicyclic amines) is 1. The predicted molar refractivity (Wildman–Crippen MR) is 106 cm³/mol. The Balaban J connectivity index is 1.49. The molecule has 0 bridgehead atoms. The summed E-state index contributed by atoms with van der Waals surface area (Å²) in [4.78, 5) is 36.0. The highest BCUT2D eigenvalue weighted by Crippen LogP contribution is 2.33. The van der Waals surface area contributed by atoms with Crippen molar-refractivity contribution in [3.05, 3.63) is 76.4 Å². The molecule has 0 saturated carbocycles. The average Bonchev–Trinajstić information content (AvgIpc) is 2.73. The zero-order valence-corrected chi connectivity index (χ0v) is 16.3. The number of hydrogen-bond acceptors (Lipinski definition) is 6. The fourth-order valence-corrected chi connectivity index (χ4v) is 3.25. The van der Waals surface area contributed by atoms with E-state index in [2.05, 4.69) is 20.3 Å². The highest BCUT2D eigenvalue weighted by Gasteiger charge is 2.39. The van der Waals surface area contributed by atoms with Crippen LogP contribution in [-0.4, -0.2) is 43.9 Å². The minimum Gasteiger partial charge on any atom is -0.324 e. The quantitative estimate of drug-likeness (QED) is 0.472. The van der Waals surface area contributed by atoms with Gasteiger partial charge in [-0.1, -0.05) is 0 Å². The number of carbonyl (C=O) groups is 1. The molecule has 3 aromatic rings. The molecule has 0 spiro atoms. The number of nitrogens with zero attached hydrogens (tertiary/aromatic N) is 5. The Morgan fingerprint density at radius 1 is 1.19 bits per heavy atom. The van der Waals surface area contributed by atoms with Crippen molar-refractivity contribution < 1.29 is 22.9 Å². The summed E-state index contributed by atoms with van der Waals surface area (Å²) in [5.41, 5.74) is -0.637. The van der Waals surface area contributed by atoms with Gasteiger partial charge in [0, 0.05) is 49.1 Å². The average molecular weight is 444 g/mol. The van der Waals surface area contributed by atoms with Crippen molar-refractivity contribution >= 4 is 17.5 Å². The van der Waals surface area contributed by atoms with Crippen LogP contribution in [0.5, 0.6) is 0 Å². The number of rotatable bonds is 5. The Bertz CT molecular complexity index is 1170. The molecule has 9 nitrogen and oxygen atoms in total. The van der Waals surface area contributed by atoms with E-state index in [0.717, 1.165) is 18.2 Å². The van der Waals surface area contributed by atoms with E-state index in [-0.39, 0.29) is 30.2 Å². The van der Waals surface area contributed by atoms with Crippen molar-refractivity contribution in [1.82, 2.24) is 19.9 Å². The van der Waals surface area contributed by atoms with Crippen LogP contribution in [0.3, 0.4) is 0 Å². The van der Waals surface area contributed by atoms with E-state index >= 15 is 0 Å². The standard InChI is InChI=1S/C20H15F3N6O3/c21-12-2-3-13(14(22)8-12)15-4-5-16(29(31)32)18(26-15)27-20(30)28-9-11(10-28)17(23)19-24-6-1-7-25-19/h1-8,11,17H,9-10H2,(H,26,27,30). The molecule has 1 N–H and O–H groups in total. The van der Waals surface area contributed by atoms with Gasteiger partial charge in [0.05, 0.1) is 10.6 Å². The fraction of sp³-hybridized carbons (Fsp3) is 0.200. The first-order valence-corrected chi connectivity index (χ1v) is 9.41. The van der Waals surface area contributed by atoms with Gasteiger partial charge in [-0.25, -0.2) is 32.9 Å². The van der Waals surface area contributed by atoms with Crippen LogP contribution < -0.4 is 5.32 Å². The lowest BCUT2D eigenvalue weighted by molar-refractivity contribution is -0.384. The predicted octanol–water partition coefficient (Wildman–Crippen LogP) is 3.90. The minimum atomic E-state index is -1.46. The Morgan fingerprint density at radius 2 is 1.91 bits per heavy atom. The van der Waals surface area contributed by atoms with Gasteiger partial charge in [-0.3, -0.25) is 15.4 Å². The third-order valence-electron chi connectivity index (χ3n) is 4.95. The number of amides is 2. The highest BCUT2D eigenvalue weighted by atomic mass is 19.1. The number of nitrogens with one attached hydrogen (secondary N) is 1. The molecule has 4 rings (SSSR count). The molecule has 1 aliphatic rings. The number of carbonyl (C=O) groups excluding carboxylic acids is 1. The van der Waals surface area contributed by atoms with Crippen LogP contribution in [0.15, 0.2) is 48.8 Å². The van der Waals surface area contributed by atoms with E-state index in [1.807, 2.05) is 0 Å². The van der Waals surface area contributed by atoms with Gasteiger partial charge in [0.15, 0.2) is 12.0 Å². The molecule has 2 aromatic heterocycles. The Labute approximate surface area is 179 Å². The summed E-state index contributed by atoms with van der Waals surface area (Å²) in [6.07, 6.45) is 1.37. The number of alkyl halides is 1. The number of hydrogen-bond donors (Lipinski definition) is 1. The van der Waals surface area contributed by atoms with E-state index in [9.17, 15) is 28.1 Å². The van der Waals surface area contributed by atoms with Crippen LogP contribution in [-0.2, 0) is 0 Å². The van der Waals surface area contributed by atoms with Gasteiger partial charge in [0.1, 0.15) is 11.6 Å². The summed E-state index contributed by atoms with van der Waals surface area (Å²) < 4.78 is 41.7. The van der Waals surface area contributed by atoms with E-state index in [1.165, 1.54) is 23.4 Å². The van der Waals surface area contributed by atoms with Gasteiger partial charge in [-0.2, -0.15) is 0 Å². The maximum Gasteiger partial charge on any atom is 0.323 e. The van der Waals surface area contributed by atoms with Crippen molar-refractivity contribution in [3.8, 4) is 11.3 Å². The first-order valence-electron chi connectivity index (χ1n) is 9.41. The molecule has 1 fully saturated rings. The molecule has 12 heteroatoms. The topological polar surface area (TPSA) is 114 Å². The van der Waals surface area contributed by atoms with Gasteiger partial charge in [0.25, 0.3) is 0 Å². The van der Waals surface area contributed by atoms with Crippen LogP contribution in [0.1, 0.15) is 12.0 Å². The molecular formula is C20H15F3N6O3. The van der Waals surface area contributed by atoms with Gasteiger partial charge < -0.3 is 4.90 Å². The Hall–Kier alpha value is -4.09. The molecule has 0 radical (unpaired) electrons. The molecule has 2 amide bonds. The van der Waals surface area contributed by atoms with Gasteiger partial charge >= 0.3 is 11.7 Å². The van der Waals surface area contributed by atoms with Gasteiger partial charge in [0.2, 0.25) is 5.82 Å². The molecule has 1 unspecified atom stereocenters. The number of anilines is 1. The number of nitro groups is 1. The zero-order chi connectivity index (χ0) is 22.8. The lowest BCUT2D eigenvalue weighted by atomic mass is 9.94. The summed E-state index contributed by atoms with van der Waals surface area (Å²) in [6, 6.07) is 5.89. The SMILES string of the molecule is O=C(Nc1nc(-c2ccc(F)cc2F)ccc1[N+](=O)[O-])N1CC(C(F)c2ncccn2)C1. The monoisotopic (exact) mass is 444 g/mol. The van der Waals surface area contributed by atoms with Gasteiger partial charge in [-0.15, -0.1) is 0 Å². The maximum absolute atomic E-state index is 14.5. The van der Waals surface area contributed by atoms with Crippen molar-refractivity contribution in [3.63, 3.8) is 0 Å². The lowest BCUT2D eigenvalue weighted by Crippen LogP contribution is -2.53. The molecule has 3 heterocycles. The second kappa shape index (κ2) is 8.57. The summed E-state index contributed by atoms with van der Waals surface area (Å²) in [5, 5.41) is 13.6. The smallest absolute Gasteiger partial charge is 0.323 e. The van der Waals surface area contributed by atoms with Crippen LogP contribution in [0, 0.1) is 27.7 Å². The number of halogens is 3. The van der Waals surface area contributed by atoms with Crippen molar-refractivity contribution in [2.75, 3.05) is 18.4 Å². The largest absolute Gasteiger partial charge is 0.324 e. The summed E-state index contributed by atoms with van der Waals surface area (Å²) in [6.45, 7) is 0.0939. The van der Waals surface area contributed by atoms with E-state index in [4.69, 9.17) is 0 Å². The number of urea groups is 1. The molecule has 1 atom stereocenters. The van der Waals surface area contributed by atoms with E-state index in [1.54, 1.807) is 6.07 Å². The minimum absolute atomic E-state index is 0.0175. The molecule has 1 aliphatic heterocycles. The first-order chi connectivity index (χ1) is 15.3. The zero-order valence-electron chi connectivity index (χ0n) is 16.3. The molecule has 32 heavy (non-hydrogen) atoms. The molecule has 0 aliphatic carbocycles. The number of benzene rings is 1. The number of aromatic nitrogens is 3. The second-order valence-electron chi connectivity index (χ2n) is 7.05. The highest BCUT2D eigenvalue weighted by molar-refractivity contribution is 5.91. The van der Waals surface area contributed by atoms with Crippen LogP contribution >= 0.6 is 0 Å². The molecule has 1 saturated heterocycles. The third kappa shape index (κ3) is 4.19.